The van der Waals surface area contributed by atoms with Gasteiger partial charge in [0.15, 0.2) is 11.5 Å². The van der Waals surface area contributed by atoms with Gasteiger partial charge in [0.05, 0.1) is 23.3 Å². The Bertz CT molecular complexity index is 823. The van der Waals surface area contributed by atoms with Crippen molar-refractivity contribution in [2.45, 2.75) is 25.8 Å². The van der Waals surface area contributed by atoms with Crippen molar-refractivity contribution < 1.29 is 18.8 Å². The van der Waals surface area contributed by atoms with Crippen LogP contribution in [0, 0.1) is 6.92 Å². The minimum absolute atomic E-state index is 0.105. The lowest BCUT2D eigenvalue weighted by atomic mass is 10.1. The van der Waals surface area contributed by atoms with Crippen LogP contribution in [0.1, 0.15) is 30.3 Å². The van der Waals surface area contributed by atoms with E-state index in [-0.39, 0.29) is 18.5 Å². The summed E-state index contributed by atoms with van der Waals surface area (Å²) in [4.78, 5) is 14.7. The van der Waals surface area contributed by atoms with Crippen LogP contribution < -0.4 is 14.8 Å². The summed E-state index contributed by atoms with van der Waals surface area (Å²) in [6, 6.07) is 5.41. The van der Waals surface area contributed by atoms with Gasteiger partial charge in [0.2, 0.25) is 5.91 Å². The molecular weight excluding hydrogens is 358 g/mol. The van der Waals surface area contributed by atoms with Crippen molar-refractivity contribution in [3.8, 4) is 11.5 Å². The van der Waals surface area contributed by atoms with Gasteiger partial charge in [0, 0.05) is 18.2 Å². The molecule has 2 aliphatic heterocycles. The molecule has 26 heavy (non-hydrogen) atoms. The van der Waals surface area contributed by atoms with Crippen LogP contribution in [0.4, 0.5) is 5.69 Å². The molecule has 3 heterocycles. The fourth-order valence-electron chi connectivity index (χ4n) is 3.43. The number of anilines is 1. The molecule has 7 nitrogen and oxygen atoms in total. The number of amides is 1. The maximum Gasteiger partial charge on any atom is 0.238 e. The van der Waals surface area contributed by atoms with Gasteiger partial charge in [0.25, 0.3) is 0 Å². The highest BCUT2D eigenvalue weighted by Gasteiger charge is 2.30. The van der Waals surface area contributed by atoms with Gasteiger partial charge in [-0.3, -0.25) is 9.69 Å². The Kier molecular flexibility index (Phi) is 4.74. The quantitative estimate of drug-likeness (QED) is 0.881. The lowest BCUT2D eigenvalue weighted by Crippen LogP contribution is -2.33. The number of carbonyl (C=O) groups excluding carboxylic acids is 1. The van der Waals surface area contributed by atoms with Crippen LogP contribution in [-0.4, -0.2) is 42.3 Å². The number of hydrogen-bond donors (Lipinski definition) is 1. The van der Waals surface area contributed by atoms with E-state index in [2.05, 4.69) is 15.4 Å². The van der Waals surface area contributed by atoms with Gasteiger partial charge in [-0.25, -0.2) is 0 Å². The molecule has 4 rings (SSSR count). The van der Waals surface area contributed by atoms with E-state index < -0.39 is 0 Å². The van der Waals surface area contributed by atoms with Crippen LogP contribution in [0.3, 0.4) is 0 Å². The molecule has 2 aliphatic rings. The number of halogens is 1. The van der Waals surface area contributed by atoms with Crippen LogP contribution >= 0.6 is 11.6 Å². The van der Waals surface area contributed by atoms with E-state index in [0.29, 0.717) is 35.4 Å². The molecule has 0 bridgehead atoms. The van der Waals surface area contributed by atoms with Gasteiger partial charge < -0.3 is 19.3 Å². The lowest BCUT2D eigenvalue weighted by molar-refractivity contribution is -0.117. The average molecular weight is 378 g/mol. The molecule has 8 heteroatoms. The largest absolute Gasteiger partial charge is 0.486 e. The van der Waals surface area contributed by atoms with Crippen LogP contribution in [0.25, 0.3) is 0 Å². The molecule has 1 unspecified atom stereocenters. The SMILES string of the molecule is Cc1cc(C2CCCN2CC(=O)Nc2cc3c(cc2Cl)OCCO3)no1. The predicted octanol–water partition coefficient (Wildman–Crippen LogP) is 3.18. The minimum Gasteiger partial charge on any atom is -0.486 e. The van der Waals surface area contributed by atoms with Crippen molar-refractivity contribution in [2.75, 3.05) is 31.6 Å². The van der Waals surface area contributed by atoms with Gasteiger partial charge >= 0.3 is 0 Å². The summed E-state index contributed by atoms with van der Waals surface area (Å²) in [5, 5.41) is 7.40. The van der Waals surface area contributed by atoms with Gasteiger partial charge in [-0.2, -0.15) is 0 Å². The Hall–Kier alpha value is -2.25. The van der Waals surface area contributed by atoms with Crippen molar-refractivity contribution in [3.63, 3.8) is 0 Å². The van der Waals surface area contributed by atoms with E-state index in [1.807, 2.05) is 13.0 Å². The second kappa shape index (κ2) is 7.17. The maximum atomic E-state index is 12.5. The molecule has 1 amide bonds. The first kappa shape index (κ1) is 17.2. The highest BCUT2D eigenvalue weighted by Crippen LogP contribution is 2.38. The zero-order valence-electron chi connectivity index (χ0n) is 14.5. The van der Waals surface area contributed by atoms with Crippen LogP contribution in [0.2, 0.25) is 5.02 Å². The lowest BCUT2D eigenvalue weighted by Gasteiger charge is -2.23. The van der Waals surface area contributed by atoms with E-state index in [0.717, 1.165) is 30.8 Å². The molecule has 138 valence electrons. The zero-order chi connectivity index (χ0) is 18.1. The summed E-state index contributed by atoms with van der Waals surface area (Å²) < 4.78 is 16.2. The molecule has 0 radical (unpaired) electrons. The van der Waals surface area contributed by atoms with Crippen LogP contribution in [-0.2, 0) is 4.79 Å². The zero-order valence-corrected chi connectivity index (χ0v) is 15.2. The van der Waals surface area contributed by atoms with Gasteiger partial charge in [0.1, 0.15) is 24.7 Å². The molecule has 1 aromatic carbocycles. The Labute approximate surface area is 156 Å². The first-order valence-corrected chi connectivity index (χ1v) is 9.04. The Morgan fingerprint density at radius 1 is 1.31 bits per heavy atom. The third kappa shape index (κ3) is 3.50. The summed E-state index contributed by atoms with van der Waals surface area (Å²) >= 11 is 6.26. The minimum atomic E-state index is -0.129. The number of likely N-dealkylation sites (tertiary alicyclic amines) is 1. The van der Waals surface area contributed by atoms with Crippen molar-refractivity contribution in [1.82, 2.24) is 10.1 Å². The molecule has 1 atom stereocenters. The third-order valence-corrected chi connectivity index (χ3v) is 4.92. The average Bonchev–Trinajstić information content (AvgIpc) is 3.24. The van der Waals surface area contributed by atoms with Crippen LogP contribution in [0.15, 0.2) is 22.7 Å². The third-order valence-electron chi connectivity index (χ3n) is 4.60. The number of aryl methyl sites for hydroxylation is 1. The maximum absolute atomic E-state index is 12.5. The standard InChI is InChI=1S/C18H20ClN3O4/c1-11-7-14(21-26-11)15-3-2-4-22(15)10-18(23)20-13-9-17-16(8-12(13)19)24-5-6-25-17/h7-9,15H,2-6,10H2,1H3,(H,20,23). The van der Waals surface area contributed by atoms with Crippen molar-refractivity contribution in [3.05, 3.63) is 34.7 Å². The topological polar surface area (TPSA) is 76.8 Å². The summed E-state index contributed by atoms with van der Waals surface area (Å²) in [5.74, 6) is 1.84. The van der Waals surface area contributed by atoms with E-state index in [1.165, 1.54) is 0 Å². The van der Waals surface area contributed by atoms with E-state index in [1.54, 1.807) is 12.1 Å². The molecule has 0 saturated carbocycles. The van der Waals surface area contributed by atoms with Gasteiger partial charge in [-0.1, -0.05) is 16.8 Å². The van der Waals surface area contributed by atoms with E-state index >= 15 is 0 Å². The number of ether oxygens (including phenoxy) is 2. The number of aromatic nitrogens is 1. The summed E-state index contributed by atoms with van der Waals surface area (Å²) in [6.45, 7) is 3.95. The first-order valence-electron chi connectivity index (χ1n) is 8.66. The highest BCUT2D eigenvalue weighted by atomic mass is 35.5. The molecule has 1 N–H and O–H groups in total. The highest BCUT2D eigenvalue weighted by molar-refractivity contribution is 6.34. The van der Waals surface area contributed by atoms with Gasteiger partial charge in [-0.05, 0) is 26.3 Å². The second-order valence-electron chi connectivity index (χ2n) is 6.51. The Morgan fingerprint density at radius 3 is 2.81 bits per heavy atom. The van der Waals surface area contributed by atoms with E-state index in [4.69, 9.17) is 25.6 Å². The summed E-state index contributed by atoms with van der Waals surface area (Å²) in [7, 11) is 0. The number of hydrogen-bond acceptors (Lipinski definition) is 6. The molecule has 1 fully saturated rings. The number of benzene rings is 1. The molecular formula is C18H20ClN3O4. The number of nitrogens with zero attached hydrogens (tertiary/aromatic N) is 2. The number of nitrogens with one attached hydrogen (secondary N) is 1. The second-order valence-corrected chi connectivity index (χ2v) is 6.92. The smallest absolute Gasteiger partial charge is 0.238 e. The molecule has 2 aromatic rings. The van der Waals surface area contributed by atoms with E-state index in [9.17, 15) is 4.79 Å². The predicted molar refractivity (Wildman–Crippen MR) is 95.9 cm³/mol. The molecule has 1 saturated heterocycles. The number of rotatable bonds is 4. The fourth-order valence-corrected chi connectivity index (χ4v) is 3.63. The molecule has 0 aliphatic carbocycles. The summed E-state index contributed by atoms with van der Waals surface area (Å²) in [5.41, 5.74) is 1.40. The van der Waals surface area contributed by atoms with Crippen LogP contribution in [0.5, 0.6) is 11.5 Å². The fraction of sp³-hybridized carbons (Fsp3) is 0.444. The molecule has 1 aromatic heterocycles. The normalized spacial score (nSPS) is 19.5. The van der Waals surface area contributed by atoms with Gasteiger partial charge in [-0.15, -0.1) is 0 Å². The first-order chi connectivity index (χ1) is 12.6. The number of carbonyl (C=O) groups is 1. The Balaban J connectivity index is 1.44. The Morgan fingerprint density at radius 2 is 2.08 bits per heavy atom. The van der Waals surface area contributed by atoms with Crippen molar-refractivity contribution in [2.24, 2.45) is 0 Å². The monoisotopic (exact) mass is 377 g/mol. The van der Waals surface area contributed by atoms with Crippen molar-refractivity contribution >= 4 is 23.2 Å². The molecule has 0 spiro atoms. The summed E-state index contributed by atoms with van der Waals surface area (Å²) in [6.07, 6.45) is 1.98. The van der Waals surface area contributed by atoms with Crippen molar-refractivity contribution in [1.29, 1.82) is 0 Å². The number of fused-ring (bicyclic) bond motifs is 1.